The Morgan fingerprint density at radius 2 is 1.94 bits per heavy atom. The van der Waals surface area contributed by atoms with Crippen LogP contribution in [0.5, 0.6) is 0 Å². The third-order valence-corrected chi connectivity index (χ3v) is 5.80. The summed E-state index contributed by atoms with van der Waals surface area (Å²) in [6.07, 6.45) is -2.35. The van der Waals surface area contributed by atoms with E-state index in [1.807, 2.05) is 0 Å². The number of nitrogens with zero attached hydrogens (tertiary/aromatic N) is 4. The lowest BCUT2D eigenvalue weighted by atomic mass is 10.0. The zero-order valence-electron chi connectivity index (χ0n) is 15.7. The molecule has 1 aromatic rings. The van der Waals surface area contributed by atoms with Gasteiger partial charge in [-0.05, 0) is 0 Å². The molecular weight excluding hydrogens is 476 g/mol. The van der Waals surface area contributed by atoms with Crippen LogP contribution in [0.2, 0.25) is 0 Å². The fraction of sp³-hybridized carbons (Fsp3) is 0.357. The van der Waals surface area contributed by atoms with Crippen LogP contribution in [0.1, 0.15) is 18.5 Å². The van der Waals surface area contributed by atoms with Gasteiger partial charge in [0.25, 0.3) is 11.8 Å². The number of nitrogen functional groups attached to an aromatic ring is 1. The largest absolute Gasteiger partial charge is 0.479 e. The Bertz CT molecular complexity index is 1130. The maximum atomic E-state index is 12.7. The number of hydrogen-bond donors (Lipinski definition) is 4. The zero-order valence-corrected chi connectivity index (χ0v) is 17.3. The smallest absolute Gasteiger partial charge is 0.364 e. The molecule has 2 fully saturated rings. The summed E-state index contributed by atoms with van der Waals surface area (Å²) < 4.78 is 32.4. The topological polar surface area (TPSA) is 239 Å². The minimum atomic E-state index is -5.17. The van der Waals surface area contributed by atoms with E-state index in [0.29, 0.717) is 4.90 Å². The summed E-state index contributed by atoms with van der Waals surface area (Å²) >= 11 is 0.903. The summed E-state index contributed by atoms with van der Waals surface area (Å²) in [5, 5.41) is 15.4. The predicted molar refractivity (Wildman–Crippen MR) is 102 cm³/mol. The number of likely N-dealkylation sites (tertiary alicyclic amines) is 1. The summed E-state index contributed by atoms with van der Waals surface area (Å²) in [4.78, 5) is 68.6. The van der Waals surface area contributed by atoms with Crippen molar-refractivity contribution < 1.29 is 46.9 Å². The lowest BCUT2D eigenvalue weighted by Gasteiger charge is -2.47. The van der Waals surface area contributed by atoms with Gasteiger partial charge in [0.1, 0.15) is 5.69 Å². The van der Waals surface area contributed by atoms with E-state index in [2.05, 4.69) is 20.3 Å². The third kappa shape index (κ3) is 4.36. The van der Waals surface area contributed by atoms with Crippen molar-refractivity contribution >= 4 is 62.1 Å². The van der Waals surface area contributed by atoms with E-state index in [1.54, 1.807) is 0 Å². The first-order valence-corrected chi connectivity index (χ1v) is 10.8. The molecule has 2 saturated heterocycles. The van der Waals surface area contributed by atoms with Crippen molar-refractivity contribution in [1.82, 2.24) is 19.5 Å². The number of rotatable bonds is 8. The minimum absolute atomic E-state index is 0.0159. The Morgan fingerprint density at radius 1 is 1.31 bits per heavy atom. The number of imide groups is 1. The highest BCUT2D eigenvalue weighted by Gasteiger charge is 2.60. The van der Waals surface area contributed by atoms with Crippen LogP contribution in [-0.4, -0.2) is 86.4 Å². The van der Waals surface area contributed by atoms with Gasteiger partial charge < -0.3 is 21.0 Å². The van der Waals surface area contributed by atoms with Crippen LogP contribution in [0, 0.1) is 0 Å². The van der Waals surface area contributed by atoms with E-state index in [-0.39, 0.29) is 28.0 Å². The highest BCUT2D eigenvalue weighted by atomic mass is 32.2. The van der Waals surface area contributed by atoms with Gasteiger partial charge in [0.05, 0.1) is 0 Å². The van der Waals surface area contributed by atoms with E-state index in [0.717, 1.165) is 11.3 Å². The van der Waals surface area contributed by atoms with Gasteiger partial charge in [0.2, 0.25) is 18.4 Å². The molecule has 3 rings (SSSR count). The van der Waals surface area contributed by atoms with E-state index >= 15 is 0 Å². The summed E-state index contributed by atoms with van der Waals surface area (Å²) in [6, 6.07) is -1.75. The van der Waals surface area contributed by atoms with Crippen molar-refractivity contribution in [3.63, 3.8) is 0 Å². The average Bonchev–Trinajstić information content (AvgIpc) is 3.25. The summed E-state index contributed by atoms with van der Waals surface area (Å²) in [5.74, 6) is -5.55. The molecule has 2 aliphatic heterocycles. The quantitative estimate of drug-likeness (QED) is 0.0945. The number of carbonyl (C=O) groups excluding carboxylic acids is 4. The highest BCUT2D eigenvalue weighted by Crippen LogP contribution is 2.30. The molecule has 1 aromatic heterocycles. The minimum Gasteiger partial charge on any atom is -0.479 e. The molecular formula is C14H14N6O10S2. The van der Waals surface area contributed by atoms with Crippen molar-refractivity contribution in [2.45, 2.75) is 25.0 Å². The predicted octanol–water partition coefficient (Wildman–Crippen LogP) is -2.86. The first kappa shape index (κ1) is 23.0. The molecule has 0 bridgehead atoms. The molecule has 4 amide bonds. The number of nitrogens with one attached hydrogen (secondary N) is 1. The zero-order chi connectivity index (χ0) is 23.8. The van der Waals surface area contributed by atoms with Gasteiger partial charge in [0.15, 0.2) is 23.1 Å². The van der Waals surface area contributed by atoms with Gasteiger partial charge in [0, 0.05) is 18.2 Å². The Balaban J connectivity index is 1.90. The van der Waals surface area contributed by atoms with Crippen LogP contribution in [0.25, 0.3) is 0 Å². The van der Waals surface area contributed by atoms with Gasteiger partial charge in [-0.2, -0.15) is 12.7 Å². The molecule has 16 nitrogen and oxygen atoms in total. The number of aromatic nitrogens is 1. The number of nitrogens with two attached hydrogens (primary N) is 1. The van der Waals surface area contributed by atoms with Crippen LogP contribution in [0.15, 0.2) is 10.5 Å². The van der Waals surface area contributed by atoms with Crippen LogP contribution >= 0.6 is 11.3 Å². The number of thiazole rings is 1. The van der Waals surface area contributed by atoms with Crippen LogP contribution in [0.3, 0.4) is 0 Å². The van der Waals surface area contributed by atoms with Gasteiger partial charge in [-0.3, -0.25) is 28.6 Å². The third-order valence-electron chi connectivity index (χ3n) is 4.24. The van der Waals surface area contributed by atoms with Crippen molar-refractivity contribution in [1.29, 1.82) is 0 Å². The van der Waals surface area contributed by atoms with Crippen molar-refractivity contribution in [3.8, 4) is 0 Å². The molecule has 2 aliphatic rings. The molecule has 2 atom stereocenters. The Labute approximate surface area is 182 Å². The molecule has 3 heterocycles. The second-order valence-corrected chi connectivity index (χ2v) is 8.49. The molecule has 5 N–H and O–H groups in total. The molecule has 0 radical (unpaired) electrons. The van der Waals surface area contributed by atoms with Crippen LogP contribution < -0.4 is 11.1 Å². The van der Waals surface area contributed by atoms with Gasteiger partial charge in [-0.15, -0.1) is 11.3 Å². The van der Waals surface area contributed by atoms with Crippen molar-refractivity contribution in [3.05, 3.63) is 11.1 Å². The Hall–Kier alpha value is -3.64. The number of hydrogen-bond acceptors (Lipinski definition) is 12. The van der Waals surface area contributed by atoms with E-state index in [9.17, 15) is 36.9 Å². The normalized spacial score (nSPS) is 21.5. The summed E-state index contributed by atoms with van der Waals surface area (Å²) in [5.41, 5.74) is 4.73. The van der Waals surface area contributed by atoms with Gasteiger partial charge in [-0.25, -0.2) is 9.78 Å². The Kier molecular flexibility index (Phi) is 6.10. The molecule has 18 heteroatoms. The van der Waals surface area contributed by atoms with E-state index < -0.39 is 64.4 Å². The standard InChI is InChI=1S/C14H14N6O10S2/c15-14-16-5(4-31-14)9(18-30-3-8(23)24)11(25)17-10-12(19-6(21)1-2-7(19)22)20(13(10)26)32(27,28)29/h4,10,12H,1-3H2,(H2,15,16)(H,17,25)(H,23,24)(H,27,28,29)/b18-9-/t10-,12-/m0/s1. The van der Waals surface area contributed by atoms with Crippen molar-refractivity contribution in [2.75, 3.05) is 12.3 Å². The molecule has 0 aliphatic carbocycles. The molecule has 0 aromatic carbocycles. The van der Waals surface area contributed by atoms with Gasteiger partial charge in [-0.1, -0.05) is 5.16 Å². The molecule has 172 valence electrons. The maximum Gasteiger partial charge on any atom is 0.364 e. The number of anilines is 1. The summed E-state index contributed by atoms with van der Waals surface area (Å²) in [7, 11) is -5.17. The molecule has 32 heavy (non-hydrogen) atoms. The molecule has 0 spiro atoms. The highest BCUT2D eigenvalue weighted by molar-refractivity contribution is 7.84. The first-order chi connectivity index (χ1) is 14.9. The second-order valence-electron chi connectivity index (χ2n) is 6.31. The van der Waals surface area contributed by atoms with Gasteiger partial charge >= 0.3 is 16.3 Å². The lowest BCUT2D eigenvalue weighted by Crippen LogP contribution is -2.77. The lowest BCUT2D eigenvalue weighted by molar-refractivity contribution is -0.162. The number of carbonyl (C=O) groups is 5. The number of oxime groups is 1. The fourth-order valence-corrected chi connectivity index (χ4v) is 4.32. The van der Waals surface area contributed by atoms with E-state index in [4.69, 9.17) is 10.8 Å². The number of carboxylic acids is 1. The number of carboxylic acid groups (broad SMARTS) is 1. The molecule has 0 saturated carbocycles. The van der Waals surface area contributed by atoms with Crippen molar-refractivity contribution in [2.24, 2.45) is 5.16 Å². The number of amides is 4. The number of aliphatic carboxylic acids is 1. The average molecular weight is 490 g/mol. The van der Waals surface area contributed by atoms with E-state index in [1.165, 1.54) is 5.38 Å². The Morgan fingerprint density at radius 3 is 2.44 bits per heavy atom. The second kappa shape index (κ2) is 8.48. The fourth-order valence-electron chi connectivity index (χ4n) is 2.94. The summed E-state index contributed by atoms with van der Waals surface area (Å²) in [6.45, 7) is -0.922. The maximum absolute atomic E-state index is 12.7. The molecule has 0 unspecified atom stereocenters. The monoisotopic (exact) mass is 490 g/mol. The first-order valence-electron chi connectivity index (χ1n) is 8.51. The van der Waals surface area contributed by atoms with Crippen LogP contribution in [0.4, 0.5) is 5.13 Å². The number of β-lactam (4-membered cyclic amide) rings is 1. The SMILES string of the molecule is Nc1nc(/C(=N/OCC(=O)O)C(=O)N[C@@H]2C(=O)N(S(=O)(=O)O)[C@@H]2N2C(=O)CCC2=O)cs1. The van der Waals surface area contributed by atoms with Crippen LogP contribution in [-0.2, 0) is 39.1 Å².